The van der Waals surface area contributed by atoms with Gasteiger partial charge in [0.1, 0.15) is 0 Å². The molecule has 0 fully saturated rings. The van der Waals surface area contributed by atoms with Gasteiger partial charge in [0, 0.05) is 24.3 Å². The number of hydrogen-bond acceptors (Lipinski definition) is 4. The number of aliphatic hydroxyl groups is 1. The third-order valence-electron chi connectivity index (χ3n) is 1.76. The van der Waals surface area contributed by atoms with Crippen LogP contribution in [0.1, 0.15) is 11.3 Å². The maximum Gasteiger partial charge on any atom is 0.291 e. The lowest BCUT2D eigenvalue weighted by Gasteiger charge is -2.04. The van der Waals surface area contributed by atoms with Crippen LogP contribution in [0.3, 0.4) is 0 Å². The Hall–Kier alpha value is -0.950. The summed E-state index contributed by atoms with van der Waals surface area (Å²) < 4.78 is 24.0. The molecule has 0 radical (unpaired) electrons. The molecule has 4 nitrogen and oxygen atoms in total. The summed E-state index contributed by atoms with van der Waals surface area (Å²) in [6.45, 7) is 1.38. The van der Waals surface area contributed by atoms with Crippen LogP contribution in [0.25, 0.3) is 0 Å². The van der Waals surface area contributed by atoms with Crippen LogP contribution in [0.2, 0.25) is 0 Å². The van der Waals surface area contributed by atoms with Gasteiger partial charge < -0.3 is 10.1 Å². The Labute approximate surface area is 88.7 Å². The van der Waals surface area contributed by atoms with Gasteiger partial charge in [-0.2, -0.15) is 8.78 Å². The fourth-order valence-electron chi connectivity index (χ4n) is 1.13. The van der Waals surface area contributed by atoms with Gasteiger partial charge in [-0.1, -0.05) is 0 Å². The van der Waals surface area contributed by atoms with E-state index in [4.69, 9.17) is 5.11 Å². The fourth-order valence-corrected chi connectivity index (χ4v) is 1.64. The maximum atomic E-state index is 12.0. The SMILES string of the molecule is Cc1nc(SC(F)F)[nH]c(=O)c1CCO. The highest BCUT2D eigenvalue weighted by molar-refractivity contribution is 7.99. The van der Waals surface area contributed by atoms with E-state index in [0.717, 1.165) is 0 Å². The van der Waals surface area contributed by atoms with Crippen molar-refractivity contribution in [3.05, 3.63) is 21.6 Å². The number of rotatable bonds is 4. The topological polar surface area (TPSA) is 66.0 Å². The van der Waals surface area contributed by atoms with Crippen LogP contribution in [-0.4, -0.2) is 27.4 Å². The van der Waals surface area contributed by atoms with Gasteiger partial charge in [0.2, 0.25) is 0 Å². The minimum Gasteiger partial charge on any atom is -0.396 e. The van der Waals surface area contributed by atoms with E-state index in [0.29, 0.717) is 11.3 Å². The molecular weight excluding hydrogens is 226 g/mol. The Kier molecular flexibility index (Phi) is 4.22. The van der Waals surface area contributed by atoms with E-state index in [-0.39, 0.29) is 29.9 Å². The quantitative estimate of drug-likeness (QED) is 0.603. The van der Waals surface area contributed by atoms with Gasteiger partial charge >= 0.3 is 0 Å². The zero-order chi connectivity index (χ0) is 11.4. The smallest absolute Gasteiger partial charge is 0.291 e. The summed E-state index contributed by atoms with van der Waals surface area (Å²) in [5, 5.41) is 8.57. The Bertz CT molecular complexity index is 395. The first kappa shape index (κ1) is 12.1. The monoisotopic (exact) mass is 236 g/mol. The molecule has 1 aromatic heterocycles. The lowest BCUT2D eigenvalue weighted by Crippen LogP contribution is -2.18. The van der Waals surface area contributed by atoms with Crippen LogP contribution in [0.15, 0.2) is 9.95 Å². The molecular formula is C8H10F2N2O2S. The predicted molar refractivity (Wildman–Crippen MR) is 52.2 cm³/mol. The normalized spacial score (nSPS) is 11.0. The number of halogens is 2. The second kappa shape index (κ2) is 5.22. The molecule has 15 heavy (non-hydrogen) atoms. The standard InChI is InChI=1S/C8H10F2N2O2S/c1-4-5(2-3-13)6(14)12-8(11-4)15-7(9)10/h7,13H,2-3H2,1H3,(H,11,12,14). The van der Waals surface area contributed by atoms with Gasteiger partial charge in [0.25, 0.3) is 11.3 Å². The number of nitrogens with zero attached hydrogens (tertiary/aromatic N) is 1. The Morgan fingerprint density at radius 2 is 2.27 bits per heavy atom. The van der Waals surface area contributed by atoms with E-state index in [1.807, 2.05) is 0 Å². The average molecular weight is 236 g/mol. The fraction of sp³-hybridized carbons (Fsp3) is 0.500. The zero-order valence-corrected chi connectivity index (χ0v) is 8.77. The van der Waals surface area contributed by atoms with Crippen LogP contribution in [0, 0.1) is 6.92 Å². The number of hydrogen-bond donors (Lipinski definition) is 2. The predicted octanol–water partition coefficient (Wildman–Crippen LogP) is 0.928. The Balaban J connectivity index is 3.03. The molecule has 0 spiro atoms. The van der Waals surface area contributed by atoms with Crippen molar-refractivity contribution in [2.75, 3.05) is 6.61 Å². The molecule has 0 aliphatic heterocycles. The highest BCUT2D eigenvalue weighted by Gasteiger charge is 2.11. The first-order chi connectivity index (χ1) is 7.04. The Morgan fingerprint density at radius 1 is 1.60 bits per heavy atom. The zero-order valence-electron chi connectivity index (χ0n) is 7.96. The van der Waals surface area contributed by atoms with Crippen molar-refractivity contribution in [3.63, 3.8) is 0 Å². The molecule has 0 saturated carbocycles. The highest BCUT2D eigenvalue weighted by atomic mass is 32.2. The van der Waals surface area contributed by atoms with Crippen molar-refractivity contribution in [2.24, 2.45) is 0 Å². The van der Waals surface area contributed by atoms with Gasteiger partial charge in [-0.25, -0.2) is 4.98 Å². The van der Waals surface area contributed by atoms with E-state index in [9.17, 15) is 13.6 Å². The molecule has 0 saturated heterocycles. The molecule has 0 unspecified atom stereocenters. The Morgan fingerprint density at radius 3 is 2.73 bits per heavy atom. The van der Waals surface area contributed by atoms with Crippen molar-refractivity contribution in [2.45, 2.75) is 24.3 Å². The first-order valence-corrected chi connectivity index (χ1v) is 5.08. The van der Waals surface area contributed by atoms with E-state index < -0.39 is 11.3 Å². The van der Waals surface area contributed by atoms with Crippen molar-refractivity contribution in [1.82, 2.24) is 9.97 Å². The summed E-state index contributed by atoms with van der Waals surface area (Å²) in [7, 11) is 0. The summed E-state index contributed by atoms with van der Waals surface area (Å²) in [5.74, 6) is -2.61. The summed E-state index contributed by atoms with van der Waals surface area (Å²) in [4.78, 5) is 17.4. The van der Waals surface area contributed by atoms with Gasteiger partial charge in [-0.15, -0.1) is 0 Å². The molecule has 1 rings (SSSR count). The lowest BCUT2D eigenvalue weighted by molar-refractivity contribution is 0.251. The third kappa shape index (κ3) is 3.28. The van der Waals surface area contributed by atoms with Crippen LogP contribution in [0.4, 0.5) is 8.78 Å². The summed E-state index contributed by atoms with van der Waals surface area (Å²) in [6.07, 6.45) is 0.174. The van der Waals surface area contributed by atoms with Crippen LogP contribution < -0.4 is 5.56 Å². The minimum absolute atomic E-state index is 0.103. The molecule has 0 aliphatic carbocycles. The van der Waals surface area contributed by atoms with Gasteiger partial charge in [0.15, 0.2) is 5.16 Å². The second-order valence-corrected chi connectivity index (χ2v) is 3.77. The number of nitrogens with one attached hydrogen (secondary N) is 1. The number of H-pyrrole nitrogens is 1. The van der Waals surface area contributed by atoms with Crippen molar-refractivity contribution in [1.29, 1.82) is 0 Å². The van der Waals surface area contributed by atoms with Crippen LogP contribution in [-0.2, 0) is 6.42 Å². The van der Waals surface area contributed by atoms with E-state index in [2.05, 4.69) is 9.97 Å². The largest absolute Gasteiger partial charge is 0.396 e. The minimum atomic E-state index is -2.61. The lowest BCUT2D eigenvalue weighted by atomic mass is 10.2. The molecule has 0 aliphatic rings. The van der Waals surface area contributed by atoms with Crippen molar-refractivity contribution in [3.8, 4) is 0 Å². The van der Waals surface area contributed by atoms with Crippen molar-refractivity contribution >= 4 is 11.8 Å². The number of aryl methyl sites for hydroxylation is 1. The van der Waals surface area contributed by atoms with E-state index in [1.165, 1.54) is 0 Å². The number of aromatic nitrogens is 2. The highest BCUT2D eigenvalue weighted by Crippen LogP contribution is 2.20. The van der Waals surface area contributed by atoms with Crippen LogP contribution in [0.5, 0.6) is 0 Å². The van der Waals surface area contributed by atoms with Crippen LogP contribution >= 0.6 is 11.8 Å². The average Bonchev–Trinajstić information content (AvgIpc) is 2.10. The molecule has 0 amide bonds. The molecule has 0 aromatic carbocycles. The molecule has 0 bridgehead atoms. The number of aliphatic hydroxyl groups excluding tert-OH is 1. The molecule has 0 atom stereocenters. The third-order valence-corrected chi connectivity index (χ3v) is 2.36. The second-order valence-electron chi connectivity index (χ2n) is 2.79. The molecule has 1 aromatic rings. The van der Waals surface area contributed by atoms with Gasteiger partial charge in [0.05, 0.1) is 0 Å². The molecule has 7 heteroatoms. The first-order valence-electron chi connectivity index (χ1n) is 4.20. The van der Waals surface area contributed by atoms with Crippen molar-refractivity contribution < 1.29 is 13.9 Å². The van der Waals surface area contributed by atoms with Gasteiger partial charge in [-0.3, -0.25) is 4.79 Å². The van der Waals surface area contributed by atoms with E-state index in [1.54, 1.807) is 6.92 Å². The number of alkyl halides is 2. The number of thioether (sulfide) groups is 1. The maximum absolute atomic E-state index is 12.0. The number of aromatic amines is 1. The molecule has 84 valence electrons. The summed E-state index contributed by atoms with van der Waals surface area (Å²) >= 11 is 0.191. The van der Waals surface area contributed by atoms with Gasteiger partial charge in [-0.05, 0) is 18.7 Å². The van der Waals surface area contributed by atoms with E-state index >= 15 is 0 Å². The summed E-state index contributed by atoms with van der Waals surface area (Å²) in [5.41, 5.74) is 0.228. The summed E-state index contributed by atoms with van der Waals surface area (Å²) in [6, 6.07) is 0. The molecule has 2 N–H and O–H groups in total. The molecule has 1 heterocycles.